The molecule has 2 aromatic rings. The maximum atomic E-state index is 13.0. The number of anilines is 1. The molecule has 3 rings (SSSR count). The third-order valence-electron chi connectivity index (χ3n) is 5.51. The van der Waals surface area contributed by atoms with E-state index in [1.165, 1.54) is 10.4 Å². The van der Waals surface area contributed by atoms with Crippen LogP contribution in [0.1, 0.15) is 35.3 Å². The molecule has 1 aliphatic heterocycles. The Balaban J connectivity index is 1.88. The van der Waals surface area contributed by atoms with Gasteiger partial charge in [0, 0.05) is 42.5 Å². The van der Waals surface area contributed by atoms with Crippen molar-refractivity contribution in [2.45, 2.75) is 31.6 Å². The van der Waals surface area contributed by atoms with Crippen LogP contribution in [0.5, 0.6) is 0 Å². The Hall–Kier alpha value is -1.93. The van der Waals surface area contributed by atoms with Crippen LogP contribution in [0.2, 0.25) is 5.02 Å². The number of carbonyl (C=O) groups excluding carboxylic acids is 1. The summed E-state index contributed by atoms with van der Waals surface area (Å²) in [6, 6.07) is 9.98. The average Bonchev–Trinajstić information content (AvgIpc) is 2.74. The van der Waals surface area contributed by atoms with Crippen LogP contribution in [0.3, 0.4) is 0 Å². The van der Waals surface area contributed by atoms with E-state index in [1.54, 1.807) is 18.2 Å². The Morgan fingerprint density at radius 2 is 1.77 bits per heavy atom. The molecule has 1 fully saturated rings. The molecule has 0 spiro atoms. The first-order valence-corrected chi connectivity index (χ1v) is 12.0. The number of nitrogens with one attached hydrogen (secondary N) is 1. The van der Waals surface area contributed by atoms with Gasteiger partial charge < -0.3 is 10.2 Å². The summed E-state index contributed by atoms with van der Waals surface area (Å²) >= 11 is 6.33. The molecular weight excluding hydrogens is 422 g/mol. The van der Waals surface area contributed by atoms with Gasteiger partial charge >= 0.3 is 0 Å². The van der Waals surface area contributed by atoms with E-state index in [4.69, 9.17) is 11.6 Å². The Kier molecular flexibility index (Phi) is 7.18. The number of nitrogens with zero attached hydrogens (tertiary/aromatic N) is 2. The highest BCUT2D eigenvalue weighted by molar-refractivity contribution is 7.89. The molecule has 1 aliphatic rings. The van der Waals surface area contributed by atoms with Crippen molar-refractivity contribution in [3.63, 3.8) is 0 Å². The van der Waals surface area contributed by atoms with Gasteiger partial charge in [0.1, 0.15) is 0 Å². The van der Waals surface area contributed by atoms with E-state index in [1.807, 2.05) is 33.0 Å². The van der Waals surface area contributed by atoms with E-state index in [0.717, 1.165) is 17.5 Å². The number of hydrogen-bond acceptors (Lipinski definition) is 4. The first-order valence-electron chi connectivity index (χ1n) is 10.2. The molecular formula is C22H28ClN3O3S. The van der Waals surface area contributed by atoms with Gasteiger partial charge in [-0.05, 0) is 55.3 Å². The predicted molar refractivity (Wildman–Crippen MR) is 121 cm³/mol. The summed E-state index contributed by atoms with van der Waals surface area (Å²) in [6.45, 7) is 6.26. The zero-order valence-corrected chi connectivity index (χ0v) is 19.2. The van der Waals surface area contributed by atoms with Crippen LogP contribution in [0.25, 0.3) is 0 Å². The molecule has 0 unspecified atom stereocenters. The molecule has 0 saturated carbocycles. The highest BCUT2D eigenvalue weighted by atomic mass is 35.5. The summed E-state index contributed by atoms with van der Waals surface area (Å²) in [7, 11) is -1.67. The summed E-state index contributed by atoms with van der Waals surface area (Å²) in [5.41, 5.74) is 2.88. The summed E-state index contributed by atoms with van der Waals surface area (Å²) in [4.78, 5) is 15.2. The summed E-state index contributed by atoms with van der Waals surface area (Å²) < 4.78 is 27.5. The number of sulfonamides is 1. The molecule has 0 aromatic heterocycles. The van der Waals surface area contributed by atoms with E-state index >= 15 is 0 Å². The van der Waals surface area contributed by atoms with Crippen LogP contribution < -0.4 is 5.32 Å². The number of piperazine rings is 1. The summed E-state index contributed by atoms with van der Waals surface area (Å²) in [6.07, 6.45) is 1.43. The molecule has 1 heterocycles. The lowest BCUT2D eigenvalue weighted by Crippen LogP contribution is -2.47. The number of benzene rings is 2. The molecule has 1 saturated heterocycles. The zero-order chi connectivity index (χ0) is 21.9. The Morgan fingerprint density at radius 1 is 1.07 bits per heavy atom. The quantitative estimate of drug-likeness (QED) is 0.730. The molecule has 0 aliphatic carbocycles. The van der Waals surface area contributed by atoms with E-state index in [0.29, 0.717) is 48.9 Å². The Labute approximate surface area is 183 Å². The normalized spacial score (nSPS) is 15.9. The highest BCUT2D eigenvalue weighted by Gasteiger charge is 2.28. The molecule has 8 heteroatoms. The molecule has 0 atom stereocenters. The molecule has 1 N–H and O–H groups in total. The van der Waals surface area contributed by atoms with Crippen molar-refractivity contribution < 1.29 is 13.2 Å². The second-order valence-corrected chi connectivity index (χ2v) is 9.80. The van der Waals surface area contributed by atoms with Crippen molar-refractivity contribution >= 4 is 33.2 Å². The number of rotatable bonds is 6. The van der Waals surface area contributed by atoms with E-state index in [2.05, 4.69) is 10.2 Å². The van der Waals surface area contributed by atoms with E-state index < -0.39 is 10.0 Å². The number of likely N-dealkylation sites (N-methyl/N-ethyl adjacent to an activating group) is 1. The van der Waals surface area contributed by atoms with Crippen molar-refractivity contribution in [2.24, 2.45) is 0 Å². The van der Waals surface area contributed by atoms with Crippen LogP contribution in [0.4, 0.5) is 5.69 Å². The molecule has 0 bridgehead atoms. The van der Waals surface area contributed by atoms with Crippen LogP contribution in [-0.4, -0.2) is 56.8 Å². The number of aryl methyl sites for hydroxylation is 1. The van der Waals surface area contributed by atoms with Crippen molar-refractivity contribution in [3.05, 3.63) is 58.1 Å². The van der Waals surface area contributed by atoms with Gasteiger partial charge in [0.25, 0.3) is 5.91 Å². The van der Waals surface area contributed by atoms with Crippen LogP contribution in [0.15, 0.2) is 41.3 Å². The minimum absolute atomic E-state index is 0.136. The number of hydrogen-bond donors (Lipinski definition) is 1. The zero-order valence-electron chi connectivity index (χ0n) is 17.6. The van der Waals surface area contributed by atoms with Crippen molar-refractivity contribution in [2.75, 3.05) is 38.5 Å². The molecule has 1 amide bonds. The van der Waals surface area contributed by atoms with Crippen molar-refractivity contribution in [1.29, 1.82) is 0 Å². The maximum Gasteiger partial charge on any atom is 0.255 e. The monoisotopic (exact) mass is 449 g/mol. The fourth-order valence-electron chi connectivity index (χ4n) is 3.63. The van der Waals surface area contributed by atoms with Gasteiger partial charge in [0.2, 0.25) is 10.0 Å². The van der Waals surface area contributed by atoms with Gasteiger partial charge in [0.15, 0.2) is 0 Å². The fourth-order valence-corrected chi connectivity index (χ4v) is 5.39. The molecule has 2 aromatic carbocycles. The smallest absolute Gasteiger partial charge is 0.255 e. The van der Waals surface area contributed by atoms with Gasteiger partial charge in [-0.1, -0.05) is 37.6 Å². The SMILES string of the molecule is CCc1ccc(Cl)c(CC)c1NC(=O)c1cccc(S(=O)(=O)N2CCN(C)CC2)c1. The third-order valence-corrected chi connectivity index (χ3v) is 7.76. The predicted octanol–water partition coefficient (Wildman–Crippen LogP) is 3.65. The second kappa shape index (κ2) is 9.47. The van der Waals surface area contributed by atoms with E-state index in [9.17, 15) is 13.2 Å². The van der Waals surface area contributed by atoms with Crippen molar-refractivity contribution in [3.8, 4) is 0 Å². The van der Waals surface area contributed by atoms with E-state index in [-0.39, 0.29) is 10.8 Å². The third kappa shape index (κ3) is 4.70. The fraction of sp³-hybridized carbons (Fsp3) is 0.409. The lowest BCUT2D eigenvalue weighted by Gasteiger charge is -2.31. The Morgan fingerprint density at radius 3 is 2.40 bits per heavy atom. The van der Waals surface area contributed by atoms with Gasteiger partial charge in [-0.2, -0.15) is 4.31 Å². The molecule has 30 heavy (non-hydrogen) atoms. The number of amides is 1. The van der Waals surface area contributed by atoms with Crippen LogP contribution in [0, 0.1) is 0 Å². The number of carbonyl (C=O) groups is 1. The highest BCUT2D eigenvalue weighted by Crippen LogP contribution is 2.30. The summed E-state index contributed by atoms with van der Waals surface area (Å²) in [5, 5.41) is 3.57. The minimum Gasteiger partial charge on any atom is -0.321 e. The van der Waals surface area contributed by atoms with Gasteiger partial charge in [-0.3, -0.25) is 4.79 Å². The lowest BCUT2D eigenvalue weighted by molar-refractivity contribution is 0.102. The maximum absolute atomic E-state index is 13.0. The average molecular weight is 450 g/mol. The standard InChI is InChI=1S/C22H28ClN3O3S/c1-4-16-9-10-20(23)19(5-2)21(16)24-22(27)17-7-6-8-18(15-17)30(28,29)26-13-11-25(3)12-14-26/h6-10,15H,4-5,11-14H2,1-3H3,(H,24,27). The first kappa shape index (κ1) is 22.7. The summed E-state index contributed by atoms with van der Waals surface area (Å²) in [5.74, 6) is -0.350. The second-order valence-electron chi connectivity index (χ2n) is 7.46. The molecule has 162 valence electrons. The van der Waals surface area contributed by atoms with Gasteiger partial charge in [0.05, 0.1) is 4.90 Å². The largest absolute Gasteiger partial charge is 0.321 e. The lowest BCUT2D eigenvalue weighted by atomic mass is 10.0. The first-order chi connectivity index (χ1) is 14.3. The van der Waals surface area contributed by atoms with Crippen molar-refractivity contribution in [1.82, 2.24) is 9.21 Å². The topological polar surface area (TPSA) is 69.7 Å². The van der Waals surface area contributed by atoms with Crippen LogP contribution in [-0.2, 0) is 22.9 Å². The molecule has 6 nitrogen and oxygen atoms in total. The number of halogens is 1. The molecule has 0 radical (unpaired) electrons. The van der Waals surface area contributed by atoms with Gasteiger partial charge in [-0.25, -0.2) is 8.42 Å². The minimum atomic E-state index is -3.64. The van der Waals surface area contributed by atoms with Crippen LogP contribution >= 0.6 is 11.6 Å². The Bertz CT molecular complexity index is 1030. The van der Waals surface area contributed by atoms with Gasteiger partial charge in [-0.15, -0.1) is 0 Å².